The van der Waals surface area contributed by atoms with Crippen molar-refractivity contribution in [1.29, 1.82) is 0 Å². The van der Waals surface area contributed by atoms with Gasteiger partial charge in [-0.15, -0.1) is 0 Å². The van der Waals surface area contributed by atoms with E-state index in [0.29, 0.717) is 22.0 Å². The predicted molar refractivity (Wildman–Crippen MR) is 181 cm³/mol. The van der Waals surface area contributed by atoms with E-state index >= 15 is 0 Å². The van der Waals surface area contributed by atoms with Gasteiger partial charge in [0.05, 0.1) is 10.6 Å². The van der Waals surface area contributed by atoms with Crippen LogP contribution in [0.25, 0.3) is 0 Å². The van der Waals surface area contributed by atoms with E-state index in [4.69, 9.17) is 23.2 Å². The Kier molecular flexibility index (Phi) is 11.7. The first kappa shape index (κ1) is 34.0. The van der Waals surface area contributed by atoms with Crippen molar-refractivity contribution < 1.29 is 18.0 Å². The zero-order valence-corrected chi connectivity index (χ0v) is 27.8. The number of halogens is 2. The number of amides is 2. The van der Waals surface area contributed by atoms with E-state index in [1.807, 2.05) is 57.2 Å². The van der Waals surface area contributed by atoms with Gasteiger partial charge >= 0.3 is 0 Å². The average molecular weight is 667 g/mol. The highest BCUT2D eigenvalue weighted by Gasteiger charge is 2.35. The number of benzene rings is 4. The predicted octanol–water partition coefficient (Wildman–Crippen LogP) is 7.05. The molecule has 0 fully saturated rings. The Bertz CT molecular complexity index is 1720. The highest BCUT2D eigenvalue weighted by molar-refractivity contribution is 7.92. The average Bonchev–Trinajstić information content (AvgIpc) is 3.02. The van der Waals surface area contributed by atoms with Gasteiger partial charge in [-0.2, -0.15) is 0 Å². The first-order valence-corrected chi connectivity index (χ1v) is 16.9. The maximum Gasteiger partial charge on any atom is 0.264 e. The Morgan fingerprint density at radius 2 is 1.44 bits per heavy atom. The number of sulfonamides is 1. The third-order valence-corrected chi connectivity index (χ3v) is 9.76. The summed E-state index contributed by atoms with van der Waals surface area (Å²) in [6.07, 6.45) is 0.917. The highest BCUT2D eigenvalue weighted by Crippen LogP contribution is 2.27. The molecule has 0 aliphatic rings. The van der Waals surface area contributed by atoms with Crippen molar-refractivity contribution in [1.82, 2.24) is 10.2 Å². The van der Waals surface area contributed by atoms with Crippen molar-refractivity contribution in [3.63, 3.8) is 0 Å². The molecule has 0 saturated heterocycles. The van der Waals surface area contributed by atoms with Gasteiger partial charge in [0.1, 0.15) is 12.6 Å². The van der Waals surface area contributed by atoms with E-state index in [2.05, 4.69) is 5.32 Å². The monoisotopic (exact) mass is 665 g/mol. The first-order valence-electron chi connectivity index (χ1n) is 14.7. The lowest BCUT2D eigenvalue weighted by Crippen LogP contribution is -2.54. The van der Waals surface area contributed by atoms with Crippen LogP contribution < -0.4 is 9.62 Å². The minimum Gasteiger partial charge on any atom is -0.352 e. The lowest BCUT2D eigenvalue weighted by Gasteiger charge is -2.34. The summed E-state index contributed by atoms with van der Waals surface area (Å²) in [5.74, 6) is -0.898. The topological polar surface area (TPSA) is 86.8 Å². The van der Waals surface area contributed by atoms with Crippen LogP contribution in [0.4, 0.5) is 5.69 Å². The Balaban J connectivity index is 1.81. The summed E-state index contributed by atoms with van der Waals surface area (Å²) < 4.78 is 29.3. The molecule has 0 heterocycles. The summed E-state index contributed by atoms with van der Waals surface area (Å²) in [7, 11) is -4.22. The number of aryl methyl sites for hydroxylation is 1. The number of hydrogen-bond acceptors (Lipinski definition) is 4. The molecule has 2 atom stereocenters. The Morgan fingerprint density at radius 1 is 0.822 bits per heavy atom. The Labute approximate surface area is 275 Å². The quantitative estimate of drug-likeness (QED) is 0.166. The fourth-order valence-electron chi connectivity index (χ4n) is 4.82. The number of carbonyl (C=O) groups excluding carboxylic acids is 2. The lowest BCUT2D eigenvalue weighted by molar-refractivity contribution is -0.140. The molecule has 7 nitrogen and oxygen atoms in total. The zero-order valence-electron chi connectivity index (χ0n) is 25.5. The molecule has 45 heavy (non-hydrogen) atoms. The molecule has 0 aliphatic heterocycles. The number of rotatable bonds is 13. The van der Waals surface area contributed by atoms with Gasteiger partial charge in [0.2, 0.25) is 11.8 Å². The number of anilines is 1. The van der Waals surface area contributed by atoms with Crippen LogP contribution in [0.1, 0.15) is 37.0 Å². The van der Waals surface area contributed by atoms with Gasteiger partial charge in [0.25, 0.3) is 10.0 Å². The van der Waals surface area contributed by atoms with Crippen molar-refractivity contribution >= 4 is 50.7 Å². The van der Waals surface area contributed by atoms with Gasteiger partial charge in [-0.3, -0.25) is 13.9 Å². The Morgan fingerprint density at radius 3 is 2.07 bits per heavy atom. The van der Waals surface area contributed by atoms with Crippen LogP contribution in [0.5, 0.6) is 0 Å². The third kappa shape index (κ3) is 9.10. The van der Waals surface area contributed by atoms with Crippen LogP contribution >= 0.6 is 23.2 Å². The van der Waals surface area contributed by atoms with Gasteiger partial charge in [-0.1, -0.05) is 96.4 Å². The molecule has 0 saturated carbocycles. The standard InChI is InChI=1S/C35H37Cl2N3O4S/c1-4-26(3)38-35(42)33(21-27-10-6-5-7-11-27)39(23-28-12-8-13-29(36)20-28)34(41)24-40(31-15-9-14-30(37)22-31)45(43,44)32-18-16-25(2)17-19-32/h5-20,22,26,33H,4,21,23-24H2,1-3H3,(H,38,42)/t26-,33+/m1/s1. The van der Waals surface area contributed by atoms with E-state index in [1.54, 1.807) is 48.5 Å². The molecule has 0 spiro atoms. The molecular formula is C35H37Cl2N3O4S. The van der Waals surface area contributed by atoms with Crippen LogP contribution in [-0.2, 0) is 32.6 Å². The number of carbonyl (C=O) groups is 2. The summed E-state index contributed by atoms with van der Waals surface area (Å²) >= 11 is 12.6. The highest BCUT2D eigenvalue weighted by atomic mass is 35.5. The molecule has 4 rings (SSSR count). The molecule has 0 unspecified atom stereocenters. The second-order valence-electron chi connectivity index (χ2n) is 11.0. The molecule has 10 heteroatoms. The largest absolute Gasteiger partial charge is 0.352 e. The second kappa shape index (κ2) is 15.4. The zero-order chi connectivity index (χ0) is 32.6. The SMILES string of the molecule is CC[C@@H](C)NC(=O)[C@H](Cc1ccccc1)N(Cc1cccc(Cl)c1)C(=O)CN(c1cccc(Cl)c1)S(=O)(=O)c1ccc(C)cc1. The van der Waals surface area contributed by atoms with E-state index in [-0.39, 0.29) is 35.5 Å². The second-order valence-corrected chi connectivity index (χ2v) is 13.7. The summed E-state index contributed by atoms with van der Waals surface area (Å²) in [5, 5.41) is 3.82. The summed E-state index contributed by atoms with van der Waals surface area (Å²) in [6, 6.07) is 28.1. The van der Waals surface area contributed by atoms with Gasteiger partial charge in [0, 0.05) is 29.1 Å². The molecule has 4 aromatic rings. The summed E-state index contributed by atoms with van der Waals surface area (Å²) in [4.78, 5) is 29.9. The molecule has 1 N–H and O–H groups in total. The lowest BCUT2D eigenvalue weighted by atomic mass is 10.0. The summed E-state index contributed by atoms with van der Waals surface area (Å²) in [5.41, 5.74) is 2.66. The van der Waals surface area contributed by atoms with Crippen LogP contribution in [0.15, 0.2) is 108 Å². The normalized spacial score (nSPS) is 12.6. The van der Waals surface area contributed by atoms with E-state index in [1.165, 1.54) is 23.1 Å². The smallest absolute Gasteiger partial charge is 0.264 e. The minimum absolute atomic E-state index is 0.0256. The van der Waals surface area contributed by atoms with Crippen molar-refractivity contribution in [2.75, 3.05) is 10.8 Å². The van der Waals surface area contributed by atoms with Crippen molar-refractivity contribution in [3.8, 4) is 0 Å². The van der Waals surface area contributed by atoms with Crippen molar-refractivity contribution in [2.45, 2.75) is 57.1 Å². The van der Waals surface area contributed by atoms with Crippen molar-refractivity contribution in [3.05, 3.63) is 130 Å². The van der Waals surface area contributed by atoms with Crippen LogP contribution in [-0.4, -0.2) is 43.8 Å². The fourth-order valence-corrected chi connectivity index (χ4v) is 6.63. The fraction of sp³-hybridized carbons (Fsp3) is 0.257. The molecule has 2 amide bonds. The molecule has 0 radical (unpaired) electrons. The number of hydrogen-bond donors (Lipinski definition) is 1. The van der Waals surface area contributed by atoms with Gasteiger partial charge in [-0.05, 0) is 73.9 Å². The van der Waals surface area contributed by atoms with Crippen LogP contribution in [0.3, 0.4) is 0 Å². The van der Waals surface area contributed by atoms with Crippen molar-refractivity contribution in [2.24, 2.45) is 0 Å². The molecular weight excluding hydrogens is 629 g/mol. The van der Waals surface area contributed by atoms with Crippen LogP contribution in [0.2, 0.25) is 10.0 Å². The maximum atomic E-state index is 14.5. The van der Waals surface area contributed by atoms with Gasteiger partial charge in [0.15, 0.2) is 0 Å². The number of nitrogens with one attached hydrogen (secondary N) is 1. The van der Waals surface area contributed by atoms with Gasteiger partial charge < -0.3 is 10.2 Å². The first-order chi connectivity index (χ1) is 21.5. The van der Waals surface area contributed by atoms with E-state index in [9.17, 15) is 18.0 Å². The van der Waals surface area contributed by atoms with E-state index < -0.39 is 28.5 Å². The molecule has 0 bridgehead atoms. The van der Waals surface area contributed by atoms with Gasteiger partial charge in [-0.25, -0.2) is 8.42 Å². The molecule has 4 aromatic carbocycles. The van der Waals surface area contributed by atoms with E-state index in [0.717, 1.165) is 15.4 Å². The third-order valence-electron chi connectivity index (χ3n) is 7.50. The van der Waals surface area contributed by atoms with Crippen LogP contribution in [0, 0.1) is 6.92 Å². The molecule has 0 aliphatic carbocycles. The minimum atomic E-state index is -4.22. The molecule has 0 aromatic heterocycles. The molecule has 236 valence electrons. The Hall–Kier alpha value is -3.85. The summed E-state index contributed by atoms with van der Waals surface area (Å²) in [6.45, 7) is 5.18. The maximum absolute atomic E-state index is 14.5. The number of nitrogens with zero attached hydrogens (tertiary/aromatic N) is 2.